The molecule has 4 heteroatoms. The molecule has 1 N–H and O–H groups in total. The van der Waals surface area contributed by atoms with E-state index in [1.54, 1.807) is 18.7 Å². The molecule has 0 aliphatic heterocycles. The number of carbonyl (C=O) groups is 1. The Morgan fingerprint density at radius 2 is 2.14 bits per heavy atom. The highest BCUT2D eigenvalue weighted by atomic mass is 16.3. The third-order valence-corrected chi connectivity index (χ3v) is 4.04. The maximum atomic E-state index is 12.1. The van der Waals surface area contributed by atoms with E-state index in [0.29, 0.717) is 6.54 Å². The summed E-state index contributed by atoms with van der Waals surface area (Å²) in [4.78, 5) is 16.4. The van der Waals surface area contributed by atoms with E-state index in [0.717, 1.165) is 29.7 Å². The molecular formula is C17H20N2O2. The summed E-state index contributed by atoms with van der Waals surface area (Å²) in [5.74, 6) is 1.17. The van der Waals surface area contributed by atoms with Crippen LogP contribution in [-0.4, -0.2) is 10.9 Å². The number of furan rings is 1. The Labute approximate surface area is 124 Å². The minimum atomic E-state index is 0.179. The van der Waals surface area contributed by atoms with Crippen LogP contribution in [0, 0.1) is 5.92 Å². The summed E-state index contributed by atoms with van der Waals surface area (Å²) in [7, 11) is 0. The van der Waals surface area contributed by atoms with E-state index in [4.69, 9.17) is 4.42 Å². The number of pyridine rings is 1. The fraction of sp³-hybridized carbons (Fsp3) is 0.412. The van der Waals surface area contributed by atoms with Crippen LogP contribution in [0.3, 0.4) is 0 Å². The summed E-state index contributed by atoms with van der Waals surface area (Å²) in [5, 5.41) is 3.03. The highest BCUT2D eigenvalue weighted by Crippen LogP contribution is 2.24. The Hall–Kier alpha value is -2.10. The lowest BCUT2D eigenvalue weighted by Gasteiger charge is -2.20. The molecule has 0 atom stereocenters. The summed E-state index contributed by atoms with van der Waals surface area (Å²) in [6, 6.07) is 5.77. The molecule has 2 heterocycles. The van der Waals surface area contributed by atoms with Crippen molar-refractivity contribution >= 4 is 5.91 Å². The molecule has 110 valence electrons. The Balaban J connectivity index is 1.60. The van der Waals surface area contributed by atoms with E-state index in [1.807, 2.05) is 18.2 Å². The molecule has 0 unspecified atom stereocenters. The number of aromatic nitrogens is 1. The van der Waals surface area contributed by atoms with Crippen molar-refractivity contribution in [2.24, 2.45) is 5.92 Å². The Kier molecular flexibility index (Phi) is 4.34. The fourth-order valence-electron chi connectivity index (χ4n) is 2.86. The van der Waals surface area contributed by atoms with Crippen molar-refractivity contribution in [3.05, 3.63) is 42.4 Å². The molecule has 0 bridgehead atoms. The molecule has 0 saturated heterocycles. The standard InChI is InChI=1S/C17H20N2O2/c20-17(14-5-2-1-3-6-14)19-11-13-9-15(12-18-10-13)16-7-4-8-21-16/h4,7-10,12,14H,1-3,5-6,11H2,(H,19,20). The van der Waals surface area contributed by atoms with Gasteiger partial charge in [-0.2, -0.15) is 0 Å². The lowest BCUT2D eigenvalue weighted by Crippen LogP contribution is -2.31. The Morgan fingerprint density at radius 3 is 2.90 bits per heavy atom. The average Bonchev–Trinajstić information content (AvgIpc) is 3.08. The molecule has 0 spiro atoms. The van der Waals surface area contributed by atoms with Gasteiger partial charge in [-0.15, -0.1) is 0 Å². The van der Waals surface area contributed by atoms with Gasteiger partial charge in [0.1, 0.15) is 5.76 Å². The summed E-state index contributed by atoms with van der Waals surface area (Å²) < 4.78 is 5.37. The molecule has 1 fully saturated rings. The number of hydrogen-bond acceptors (Lipinski definition) is 3. The van der Waals surface area contributed by atoms with E-state index in [1.165, 1.54) is 19.3 Å². The summed E-state index contributed by atoms with van der Waals surface area (Å²) in [6.07, 6.45) is 10.9. The van der Waals surface area contributed by atoms with E-state index >= 15 is 0 Å². The Morgan fingerprint density at radius 1 is 1.29 bits per heavy atom. The van der Waals surface area contributed by atoms with Gasteiger partial charge in [0.05, 0.1) is 6.26 Å². The highest BCUT2D eigenvalue weighted by molar-refractivity contribution is 5.78. The molecule has 2 aromatic rings. The second-order valence-electron chi connectivity index (χ2n) is 5.61. The van der Waals surface area contributed by atoms with Crippen LogP contribution in [0.1, 0.15) is 37.7 Å². The van der Waals surface area contributed by atoms with Crippen LogP contribution in [0.2, 0.25) is 0 Å². The first-order chi connectivity index (χ1) is 10.3. The number of amides is 1. The molecule has 1 aliphatic rings. The zero-order valence-corrected chi connectivity index (χ0v) is 12.0. The second kappa shape index (κ2) is 6.57. The van der Waals surface area contributed by atoms with Gasteiger partial charge < -0.3 is 9.73 Å². The smallest absolute Gasteiger partial charge is 0.223 e. The monoisotopic (exact) mass is 284 g/mol. The van der Waals surface area contributed by atoms with Crippen LogP contribution in [0.25, 0.3) is 11.3 Å². The number of nitrogens with zero attached hydrogens (tertiary/aromatic N) is 1. The molecule has 0 radical (unpaired) electrons. The van der Waals surface area contributed by atoms with E-state index < -0.39 is 0 Å². The highest BCUT2D eigenvalue weighted by Gasteiger charge is 2.20. The maximum Gasteiger partial charge on any atom is 0.223 e. The predicted molar refractivity (Wildman–Crippen MR) is 80.4 cm³/mol. The van der Waals surface area contributed by atoms with Gasteiger partial charge >= 0.3 is 0 Å². The first-order valence-electron chi connectivity index (χ1n) is 7.58. The molecule has 0 aromatic carbocycles. The van der Waals surface area contributed by atoms with Crippen LogP contribution >= 0.6 is 0 Å². The molecular weight excluding hydrogens is 264 g/mol. The topological polar surface area (TPSA) is 55.1 Å². The lowest BCUT2D eigenvalue weighted by molar-refractivity contribution is -0.126. The maximum absolute atomic E-state index is 12.1. The normalized spacial score (nSPS) is 15.8. The van der Waals surface area contributed by atoms with Crippen LogP contribution in [0.4, 0.5) is 0 Å². The van der Waals surface area contributed by atoms with Gasteiger partial charge in [0, 0.05) is 30.4 Å². The van der Waals surface area contributed by atoms with Gasteiger partial charge in [0.15, 0.2) is 0 Å². The van der Waals surface area contributed by atoms with Crippen molar-refractivity contribution in [2.75, 3.05) is 0 Å². The SMILES string of the molecule is O=C(NCc1cncc(-c2ccco2)c1)C1CCCCC1. The van der Waals surface area contributed by atoms with E-state index in [2.05, 4.69) is 10.3 Å². The predicted octanol–water partition coefficient (Wildman–Crippen LogP) is 3.54. The zero-order chi connectivity index (χ0) is 14.5. The van der Waals surface area contributed by atoms with Gasteiger partial charge in [-0.25, -0.2) is 0 Å². The Bertz CT molecular complexity index is 587. The molecule has 4 nitrogen and oxygen atoms in total. The van der Waals surface area contributed by atoms with Crippen molar-refractivity contribution in [2.45, 2.75) is 38.6 Å². The van der Waals surface area contributed by atoms with Crippen LogP contribution in [0.5, 0.6) is 0 Å². The van der Waals surface area contributed by atoms with Gasteiger partial charge in [-0.3, -0.25) is 9.78 Å². The lowest BCUT2D eigenvalue weighted by atomic mass is 9.88. The fourth-order valence-corrected chi connectivity index (χ4v) is 2.86. The molecule has 1 saturated carbocycles. The number of hydrogen-bond donors (Lipinski definition) is 1. The summed E-state index contributed by atoms with van der Waals surface area (Å²) in [5.41, 5.74) is 1.93. The molecule has 3 rings (SSSR count). The van der Waals surface area contributed by atoms with Gasteiger partial charge in [0.2, 0.25) is 5.91 Å². The van der Waals surface area contributed by atoms with Crippen LogP contribution in [-0.2, 0) is 11.3 Å². The largest absolute Gasteiger partial charge is 0.464 e. The van der Waals surface area contributed by atoms with Gasteiger partial charge in [0.25, 0.3) is 0 Å². The summed E-state index contributed by atoms with van der Waals surface area (Å²) in [6.45, 7) is 0.525. The molecule has 1 aliphatic carbocycles. The van der Waals surface area contributed by atoms with Crippen LogP contribution < -0.4 is 5.32 Å². The number of carbonyl (C=O) groups excluding carboxylic acids is 1. The van der Waals surface area contributed by atoms with Crippen LogP contribution in [0.15, 0.2) is 41.3 Å². The minimum Gasteiger partial charge on any atom is -0.464 e. The molecule has 21 heavy (non-hydrogen) atoms. The third kappa shape index (κ3) is 3.51. The van der Waals surface area contributed by atoms with E-state index in [-0.39, 0.29) is 11.8 Å². The van der Waals surface area contributed by atoms with Crippen molar-refractivity contribution in [3.63, 3.8) is 0 Å². The van der Waals surface area contributed by atoms with E-state index in [9.17, 15) is 4.79 Å². The number of rotatable bonds is 4. The first kappa shape index (κ1) is 13.9. The molecule has 2 aromatic heterocycles. The van der Waals surface area contributed by atoms with Crippen molar-refractivity contribution in [3.8, 4) is 11.3 Å². The van der Waals surface area contributed by atoms with Crippen molar-refractivity contribution < 1.29 is 9.21 Å². The molecule has 1 amide bonds. The van der Waals surface area contributed by atoms with Gasteiger partial charge in [-0.1, -0.05) is 19.3 Å². The first-order valence-corrected chi connectivity index (χ1v) is 7.58. The quantitative estimate of drug-likeness (QED) is 0.934. The van der Waals surface area contributed by atoms with Crippen molar-refractivity contribution in [1.29, 1.82) is 0 Å². The second-order valence-corrected chi connectivity index (χ2v) is 5.61. The summed E-state index contributed by atoms with van der Waals surface area (Å²) >= 11 is 0. The third-order valence-electron chi connectivity index (χ3n) is 4.04. The van der Waals surface area contributed by atoms with Crippen molar-refractivity contribution in [1.82, 2.24) is 10.3 Å². The van der Waals surface area contributed by atoms with Gasteiger partial charge in [-0.05, 0) is 36.6 Å². The number of nitrogens with one attached hydrogen (secondary N) is 1. The average molecular weight is 284 g/mol. The zero-order valence-electron chi connectivity index (χ0n) is 12.0. The minimum absolute atomic E-state index is 0.179.